The molecule has 128 valence electrons. The van der Waals surface area contributed by atoms with Gasteiger partial charge < -0.3 is 25.3 Å². The van der Waals surface area contributed by atoms with Crippen LogP contribution in [0.4, 0.5) is 0 Å². The molecule has 24 heavy (non-hydrogen) atoms. The lowest BCUT2D eigenvalue weighted by molar-refractivity contribution is -0.139. The molecule has 1 aliphatic rings. The summed E-state index contributed by atoms with van der Waals surface area (Å²) in [7, 11) is 0. The Morgan fingerprint density at radius 2 is 2.08 bits per heavy atom. The molecule has 6 heteroatoms. The van der Waals surface area contributed by atoms with E-state index in [1.165, 1.54) is 0 Å². The van der Waals surface area contributed by atoms with Crippen molar-refractivity contribution in [1.82, 2.24) is 10.3 Å². The lowest BCUT2D eigenvalue weighted by Crippen LogP contribution is -2.29. The van der Waals surface area contributed by atoms with Crippen LogP contribution in [0.2, 0.25) is 0 Å². The van der Waals surface area contributed by atoms with E-state index < -0.39 is 12.3 Å². The standard InChI is InChI=1S/C18H22N2O4/c1-18(2)10-19-9-12(17(23)24-8-7-14(21)22)16-15(18)11-5-3-4-6-13(11)20-16/h3-6,9,14,19-22H,7-8,10H2,1-2H3. The van der Waals surface area contributed by atoms with Crippen molar-refractivity contribution in [3.05, 3.63) is 41.7 Å². The Kier molecular flexibility index (Phi) is 4.34. The molecule has 1 aromatic heterocycles. The summed E-state index contributed by atoms with van der Waals surface area (Å²) in [4.78, 5) is 15.8. The Hall–Kier alpha value is -2.31. The number of esters is 1. The first-order valence-corrected chi connectivity index (χ1v) is 7.98. The van der Waals surface area contributed by atoms with Crippen molar-refractivity contribution < 1.29 is 19.7 Å². The molecule has 0 aliphatic carbocycles. The van der Waals surface area contributed by atoms with Gasteiger partial charge in [0.15, 0.2) is 6.29 Å². The second-order valence-electron chi connectivity index (χ2n) is 6.65. The van der Waals surface area contributed by atoms with Crippen molar-refractivity contribution in [2.24, 2.45) is 0 Å². The maximum atomic E-state index is 12.5. The molecular formula is C18H22N2O4. The number of hydrogen-bond acceptors (Lipinski definition) is 5. The molecule has 0 unspecified atom stereocenters. The third-order valence-electron chi connectivity index (χ3n) is 4.27. The molecule has 0 saturated heterocycles. The number of fused-ring (bicyclic) bond motifs is 3. The summed E-state index contributed by atoms with van der Waals surface area (Å²) in [5.41, 5.74) is 3.05. The van der Waals surface area contributed by atoms with Gasteiger partial charge >= 0.3 is 5.97 Å². The molecule has 6 nitrogen and oxygen atoms in total. The van der Waals surface area contributed by atoms with Crippen LogP contribution in [-0.4, -0.2) is 40.6 Å². The lowest BCUT2D eigenvalue weighted by atomic mass is 9.82. The summed E-state index contributed by atoms with van der Waals surface area (Å²) in [6.07, 6.45) is 0.166. The number of benzene rings is 1. The number of ether oxygens (including phenoxy) is 1. The van der Waals surface area contributed by atoms with Crippen molar-refractivity contribution in [3.63, 3.8) is 0 Å². The van der Waals surface area contributed by atoms with Crippen LogP contribution >= 0.6 is 0 Å². The molecule has 0 bridgehead atoms. The molecule has 0 amide bonds. The fraction of sp³-hybridized carbons (Fsp3) is 0.389. The smallest absolute Gasteiger partial charge is 0.341 e. The lowest BCUT2D eigenvalue weighted by Gasteiger charge is -2.24. The normalized spacial score (nSPS) is 16.3. The maximum Gasteiger partial charge on any atom is 0.341 e. The van der Waals surface area contributed by atoms with Gasteiger partial charge in [0.1, 0.15) is 0 Å². The Balaban J connectivity index is 2.00. The highest BCUT2D eigenvalue weighted by molar-refractivity contribution is 6.17. The van der Waals surface area contributed by atoms with Crippen molar-refractivity contribution in [1.29, 1.82) is 0 Å². The van der Waals surface area contributed by atoms with E-state index in [0.29, 0.717) is 12.1 Å². The second kappa shape index (κ2) is 6.30. The molecule has 0 saturated carbocycles. The Morgan fingerprint density at radius 3 is 2.83 bits per heavy atom. The fourth-order valence-electron chi connectivity index (χ4n) is 3.11. The van der Waals surface area contributed by atoms with Crippen LogP contribution in [-0.2, 0) is 14.9 Å². The van der Waals surface area contributed by atoms with Crippen LogP contribution in [0.25, 0.3) is 16.5 Å². The van der Waals surface area contributed by atoms with Gasteiger partial charge in [-0.3, -0.25) is 0 Å². The Morgan fingerprint density at radius 1 is 1.33 bits per heavy atom. The van der Waals surface area contributed by atoms with Gasteiger partial charge in [0.05, 0.1) is 17.9 Å². The maximum absolute atomic E-state index is 12.5. The summed E-state index contributed by atoms with van der Waals surface area (Å²) >= 11 is 0. The number of para-hydroxylation sites is 1. The van der Waals surface area contributed by atoms with E-state index in [1.54, 1.807) is 6.20 Å². The molecular weight excluding hydrogens is 308 g/mol. The van der Waals surface area contributed by atoms with E-state index in [9.17, 15) is 4.79 Å². The largest absolute Gasteiger partial charge is 0.462 e. The van der Waals surface area contributed by atoms with Gasteiger partial charge in [0.25, 0.3) is 0 Å². The summed E-state index contributed by atoms with van der Waals surface area (Å²) in [5.74, 6) is -0.492. The Bertz CT molecular complexity index is 789. The van der Waals surface area contributed by atoms with Crippen LogP contribution in [0.5, 0.6) is 0 Å². The van der Waals surface area contributed by atoms with E-state index in [1.807, 2.05) is 24.3 Å². The minimum Gasteiger partial charge on any atom is -0.462 e. The number of H-pyrrole nitrogens is 1. The quantitative estimate of drug-likeness (QED) is 0.505. The second-order valence-corrected chi connectivity index (χ2v) is 6.65. The van der Waals surface area contributed by atoms with E-state index >= 15 is 0 Å². The minimum atomic E-state index is -1.48. The number of hydrogen-bond donors (Lipinski definition) is 4. The minimum absolute atomic E-state index is 0.0164. The highest BCUT2D eigenvalue weighted by Crippen LogP contribution is 2.38. The average molecular weight is 330 g/mol. The van der Waals surface area contributed by atoms with Gasteiger partial charge in [-0.05, 0) is 11.6 Å². The number of carbonyl (C=O) groups excluding carboxylic acids is 1. The summed E-state index contributed by atoms with van der Waals surface area (Å²) < 4.78 is 5.18. The third-order valence-corrected chi connectivity index (χ3v) is 4.27. The number of nitrogens with one attached hydrogen (secondary N) is 2. The number of aromatic nitrogens is 1. The van der Waals surface area contributed by atoms with Gasteiger partial charge in [0.2, 0.25) is 0 Å². The topological polar surface area (TPSA) is 94.6 Å². The van der Waals surface area contributed by atoms with Gasteiger partial charge in [-0.1, -0.05) is 32.0 Å². The van der Waals surface area contributed by atoms with Gasteiger partial charge in [-0.25, -0.2) is 4.79 Å². The van der Waals surface area contributed by atoms with Crippen LogP contribution in [0.15, 0.2) is 30.5 Å². The molecule has 0 atom stereocenters. The monoisotopic (exact) mass is 330 g/mol. The molecule has 1 aliphatic heterocycles. The van der Waals surface area contributed by atoms with Crippen molar-refractivity contribution in [3.8, 4) is 0 Å². The first-order chi connectivity index (χ1) is 11.4. The highest BCUT2D eigenvalue weighted by Gasteiger charge is 2.33. The molecule has 0 spiro atoms. The fourth-order valence-corrected chi connectivity index (χ4v) is 3.11. The van der Waals surface area contributed by atoms with Crippen LogP contribution < -0.4 is 5.32 Å². The van der Waals surface area contributed by atoms with E-state index in [0.717, 1.165) is 22.2 Å². The molecule has 3 rings (SSSR count). The SMILES string of the molecule is CC1(C)CNC=C(C(=O)OCCC(O)O)c2[nH]c3ccccc3c21. The number of carbonyl (C=O) groups is 1. The van der Waals surface area contributed by atoms with Crippen molar-refractivity contribution >= 4 is 22.4 Å². The molecule has 4 N–H and O–H groups in total. The zero-order valence-electron chi connectivity index (χ0n) is 13.8. The number of aliphatic hydroxyl groups is 2. The third kappa shape index (κ3) is 3.02. The van der Waals surface area contributed by atoms with Gasteiger partial charge in [-0.15, -0.1) is 0 Å². The van der Waals surface area contributed by atoms with Crippen LogP contribution in [0.1, 0.15) is 31.5 Å². The average Bonchev–Trinajstić information content (AvgIpc) is 2.84. The zero-order valence-corrected chi connectivity index (χ0v) is 13.8. The predicted octanol–water partition coefficient (Wildman–Crippen LogP) is 1.63. The van der Waals surface area contributed by atoms with E-state index in [2.05, 4.69) is 24.1 Å². The number of aliphatic hydroxyl groups excluding tert-OH is 1. The molecule has 1 aromatic carbocycles. The zero-order chi connectivity index (χ0) is 17.3. The highest BCUT2D eigenvalue weighted by atomic mass is 16.5. The van der Waals surface area contributed by atoms with Crippen molar-refractivity contribution in [2.75, 3.05) is 13.2 Å². The van der Waals surface area contributed by atoms with Gasteiger partial charge in [0, 0.05) is 35.5 Å². The Labute approximate surface area is 140 Å². The van der Waals surface area contributed by atoms with E-state index in [-0.39, 0.29) is 18.4 Å². The number of aromatic amines is 1. The van der Waals surface area contributed by atoms with E-state index in [4.69, 9.17) is 14.9 Å². The summed E-state index contributed by atoms with van der Waals surface area (Å²) in [6.45, 7) is 4.90. The van der Waals surface area contributed by atoms with Gasteiger partial charge in [-0.2, -0.15) is 0 Å². The molecule has 0 radical (unpaired) electrons. The molecule has 2 aromatic rings. The van der Waals surface area contributed by atoms with Crippen LogP contribution in [0, 0.1) is 0 Å². The van der Waals surface area contributed by atoms with Crippen LogP contribution in [0.3, 0.4) is 0 Å². The summed E-state index contributed by atoms with van der Waals surface area (Å²) in [6, 6.07) is 7.96. The van der Waals surface area contributed by atoms with Crippen molar-refractivity contribution in [2.45, 2.75) is 32.0 Å². The molecule has 0 fully saturated rings. The predicted molar refractivity (Wildman–Crippen MR) is 91.1 cm³/mol. The molecule has 2 heterocycles. The first kappa shape index (κ1) is 16.5. The first-order valence-electron chi connectivity index (χ1n) is 7.98. The number of rotatable bonds is 4. The summed E-state index contributed by atoms with van der Waals surface area (Å²) in [5, 5.41) is 22.0.